The maximum atomic E-state index is 11.5. The molecule has 0 spiro atoms. The van der Waals surface area contributed by atoms with Crippen LogP contribution in [0.5, 0.6) is 0 Å². The minimum atomic E-state index is -2.75. The van der Waals surface area contributed by atoms with Crippen molar-refractivity contribution in [1.29, 1.82) is 0 Å². The summed E-state index contributed by atoms with van der Waals surface area (Å²) in [4.78, 5) is 0. The minimum Gasteiger partial charge on any atom is -0.310 e. The molecule has 0 amide bonds. The molecule has 1 N–H and O–H groups in total. The second-order valence-electron chi connectivity index (χ2n) is 5.10. The van der Waals surface area contributed by atoms with Gasteiger partial charge < -0.3 is 5.32 Å². The largest absolute Gasteiger partial charge is 0.310 e. The summed E-state index contributed by atoms with van der Waals surface area (Å²) < 4.78 is 22.9. The number of sulfone groups is 1. The van der Waals surface area contributed by atoms with Crippen LogP contribution in [0.2, 0.25) is 0 Å². The van der Waals surface area contributed by atoms with Crippen LogP contribution in [0.25, 0.3) is 0 Å². The second-order valence-corrected chi connectivity index (χ2v) is 7.33. The van der Waals surface area contributed by atoms with Gasteiger partial charge in [0.15, 0.2) is 9.84 Å². The minimum absolute atomic E-state index is 0.208. The van der Waals surface area contributed by atoms with E-state index in [-0.39, 0.29) is 6.04 Å². The maximum absolute atomic E-state index is 11.5. The van der Waals surface area contributed by atoms with Crippen LogP contribution >= 0.6 is 0 Å². The van der Waals surface area contributed by atoms with Crippen molar-refractivity contribution in [2.45, 2.75) is 51.1 Å². The Hall–Kier alpha value is -0.0900. The lowest BCUT2D eigenvalue weighted by Crippen LogP contribution is -2.48. The topological polar surface area (TPSA) is 46.2 Å². The van der Waals surface area contributed by atoms with Gasteiger partial charge in [-0.05, 0) is 38.5 Å². The molecule has 15 heavy (non-hydrogen) atoms. The zero-order valence-electron chi connectivity index (χ0n) is 9.41. The molecule has 0 aromatic rings. The third-order valence-electron chi connectivity index (χ3n) is 3.82. The number of hydrogen-bond acceptors (Lipinski definition) is 3. The van der Waals surface area contributed by atoms with E-state index in [4.69, 9.17) is 0 Å². The molecule has 3 nitrogen and oxygen atoms in total. The van der Waals surface area contributed by atoms with Crippen LogP contribution in [0.1, 0.15) is 39.0 Å². The third kappa shape index (κ3) is 2.94. The van der Waals surface area contributed by atoms with Crippen molar-refractivity contribution in [1.82, 2.24) is 5.32 Å². The van der Waals surface area contributed by atoms with Crippen molar-refractivity contribution in [3.63, 3.8) is 0 Å². The Morgan fingerprint density at radius 2 is 1.93 bits per heavy atom. The molecule has 1 aliphatic carbocycles. The molecule has 1 aliphatic heterocycles. The monoisotopic (exact) mass is 231 g/mol. The van der Waals surface area contributed by atoms with Crippen LogP contribution in [0, 0.1) is 5.92 Å². The molecular weight excluding hydrogens is 210 g/mol. The van der Waals surface area contributed by atoms with Crippen molar-refractivity contribution in [3.8, 4) is 0 Å². The first-order valence-electron chi connectivity index (χ1n) is 6.03. The molecule has 2 atom stereocenters. The fraction of sp³-hybridized carbons (Fsp3) is 1.00. The van der Waals surface area contributed by atoms with Crippen LogP contribution in [-0.2, 0) is 9.84 Å². The predicted octanol–water partition coefficient (Wildman–Crippen LogP) is 1.34. The zero-order valence-corrected chi connectivity index (χ0v) is 10.2. The molecular formula is C11H21NO2S. The SMILES string of the molecule is CC(NC1CCCS(=O)(=O)C1)C1CCC1. The van der Waals surface area contributed by atoms with Gasteiger partial charge in [0.25, 0.3) is 0 Å². The average molecular weight is 231 g/mol. The summed E-state index contributed by atoms with van der Waals surface area (Å²) in [7, 11) is -2.75. The Balaban J connectivity index is 1.83. The molecule has 2 aliphatic rings. The molecule has 2 unspecified atom stereocenters. The lowest BCUT2D eigenvalue weighted by atomic mass is 9.80. The maximum Gasteiger partial charge on any atom is 0.151 e. The van der Waals surface area contributed by atoms with E-state index in [1.807, 2.05) is 0 Å². The summed E-state index contributed by atoms with van der Waals surface area (Å²) in [5, 5.41) is 3.50. The standard InChI is InChI=1S/C11H21NO2S/c1-9(10-4-2-5-10)12-11-6-3-7-15(13,14)8-11/h9-12H,2-8H2,1H3. The van der Waals surface area contributed by atoms with E-state index in [9.17, 15) is 8.42 Å². The van der Waals surface area contributed by atoms with Gasteiger partial charge >= 0.3 is 0 Å². The van der Waals surface area contributed by atoms with Crippen LogP contribution < -0.4 is 5.32 Å². The molecule has 0 aromatic heterocycles. The third-order valence-corrected chi connectivity index (χ3v) is 5.64. The first-order chi connectivity index (χ1) is 7.07. The Labute approximate surface area is 92.6 Å². The molecule has 1 saturated heterocycles. The van der Waals surface area contributed by atoms with Gasteiger partial charge in [-0.25, -0.2) is 8.42 Å². The highest BCUT2D eigenvalue weighted by molar-refractivity contribution is 7.91. The summed E-state index contributed by atoms with van der Waals surface area (Å²) in [5.41, 5.74) is 0. The van der Waals surface area contributed by atoms with E-state index < -0.39 is 9.84 Å². The fourth-order valence-electron chi connectivity index (χ4n) is 2.60. The van der Waals surface area contributed by atoms with E-state index in [2.05, 4.69) is 12.2 Å². The Morgan fingerprint density at radius 1 is 1.20 bits per heavy atom. The Kier molecular flexibility index (Phi) is 3.36. The molecule has 1 heterocycles. The van der Waals surface area contributed by atoms with Gasteiger partial charge in [0.05, 0.1) is 11.5 Å². The van der Waals surface area contributed by atoms with Gasteiger partial charge in [-0.15, -0.1) is 0 Å². The normalized spacial score (nSPS) is 33.3. The number of nitrogens with one attached hydrogen (secondary N) is 1. The second kappa shape index (κ2) is 4.42. The summed E-state index contributed by atoms with van der Waals surface area (Å²) in [5.74, 6) is 1.53. The molecule has 0 bridgehead atoms. The highest BCUT2D eigenvalue weighted by Crippen LogP contribution is 2.30. The quantitative estimate of drug-likeness (QED) is 0.797. The predicted molar refractivity (Wildman–Crippen MR) is 61.6 cm³/mol. The number of rotatable bonds is 3. The van der Waals surface area contributed by atoms with Gasteiger partial charge in [0.1, 0.15) is 0 Å². The molecule has 4 heteroatoms. The molecule has 1 saturated carbocycles. The lowest BCUT2D eigenvalue weighted by molar-refractivity contribution is 0.226. The first kappa shape index (κ1) is 11.4. The van der Waals surface area contributed by atoms with E-state index >= 15 is 0 Å². The van der Waals surface area contributed by atoms with Crippen LogP contribution in [0.4, 0.5) is 0 Å². The van der Waals surface area contributed by atoms with Crippen molar-refractivity contribution in [2.75, 3.05) is 11.5 Å². The van der Waals surface area contributed by atoms with Gasteiger partial charge in [0, 0.05) is 12.1 Å². The molecule has 2 fully saturated rings. The smallest absolute Gasteiger partial charge is 0.151 e. The van der Waals surface area contributed by atoms with Crippen LogP contribution in [0.15, 0.2) is 0 Å². The molecule has 2 rings (SSSR count). The summed E-state index contributed by atoms with van der Waals surface area (Å²) in [6.07, 6.45) is 5.83. The van der Waals surface area contributed by atoms with Gasteiger partial charge in [-0.1, -0.05) is 6.42 Å². The van der Waals surface area contributed by atoms with E-state index in [1.54, 1.807) is 0 Å². The molecule has 0 radical (unpaired) electrons. The average Bonchev–Trinajstić information content (AvgIpc) is 1.97. The van der Waals surface area contributed by atoms with Crippen LogP contribution in [0.3, 0.4) is 0 Å². The summed E-state index contributed by atoms with van der Waals surface area (Å²) in [6, 6.07) is 0.705. The zero-order chi connectivity index (χ0) is 10.9. The fourth-order valence-corrected chi connectivity index (χ4v) is 4.25. The van der Waals surface area contributed by atoms with Gasteiger partial charge in [-0.2, -0.15) is 0 Å². The number of hydrogen-bond donors (Lipinski definition) is 1. The van der Waals surface area contributed by atoms with Crippen LogP contribution in [-0.4, -0.2) is 32.0 Å². The van der Waals surface area contributed by atoms with Gasteiger partial charge in [0.2, 0.25) is 0 Å². The van der Waals surface area contributed by atoms with Crippen molar-refractivity contribution in [3.05, 3.63) is 0 Å². The van der Waals surface area contributed by atoms with Gasteiger partial charge in [-0.3, -0.25) is 0 Å². The Morgan fingerprint density at radius 3 is 2.47 bits per heavy atom. The van der Waals surface area contributed by atoms with E-state index in [1.165, 1.54) is 19.3 Å². The molecule has 88 valence electrons. The van der Waals surface area contributed by atoms with Crippen molar-refractivity contribution < 1.29 is 8.42 Å². The Bertz CT molecular complexity index is 309. The van der Waals surface area contributed by atoms with Crippen molar-refractivity contribution in [2.24, 2.45) is 5.92 Å². The van der Waals surface area contributed by atoms with E-state index in [0.29, 0.717) is 17.5 Å². The highest BCUT2D eigenvalue weighted by Gasteiger charge is 2.29. The highest BCUT2D eigenvalue weighted by atomic mass is 32.2. The summed E-state index contributed by atoms with van der Waals surface area (Å²) >= 11 is 0. The van der Waals surface area contributed by atoms with E-state index in [0.717, 1.165) is 18.8 Å². The van der Waals surface area contributed by atoms with Crippen molar-refractivity contribution >= 4 is 9.84 Å². The first-order valence-corrected chi connectivity index (χ1v) is 7.85. The molecule has 0 aromatic carbocycles. The lowest BCUT2D eigenvalue weighted by Gasteiger charge is -2.35. The summed E-state index contributed by atoms with van der Waals surface area (Å²) in [6.45, 7) is 2.20.